The van der Waals surface area contributed by atoms with Gasteiger partial charge < -0.3 is 5.11 Å². The standard InChI is InChI=1S/C24H15F3N2O3S3/c25-24(26,27)14-6-5-7-15(12-14)35(31,32)29-19-13-21(22(30)17-9-2-1-8-16(17)19)34-23-28-18-10-3-4-11-20(18)33-23/h1-13,29-30H. The molecule has 2 N–H and O–H groups in total. The van der Waals surface area contributed by atoms with E-state index in [9.17, 15) is 26.7 Å². The van der Waals surface area contributed by atoms with Crippen molar-refractivity contribution in [3.63, 3.8) is 0 Å². The van der Waals surface area contributed by atoms with Gasteiger partial charge in [0.1, 0.15) is 5.75 Å². The number of anilines is 1. The maximum Gasteiger partial charge on any atom is 0.416 e. The second kappa shape index (κ2) is 8.74. The van der Waals surface area contributed by atoms with Gasteiger partial charge in [0.25, 0.3) is 10.0 Å². The largest absolute Gasteiger partial charge is 0.506 e. The van der Waals surface area contributed by atoms with Crippen LogP contribution in [0.25, 0.3) is 21.0 Å². The van der Waals surface area contributed by atoms with Crippen molar-refractivity contribution >= 4 is 59.8 Å². The van der Waals surface area contributed by atoms with Crippen molar-refractivity contribution in [2.75, 3.05) is 4.72 Å². The van der Waals surface area contributed by atoms with Crippen LogP contribution in [-0.2, 0) is 16.2 Å². The zero-order valence-corrected chi connectivity index (χ0v) is 20.0. The first kappa shape index (κ1) is 23.5. The maximum absolute atomic E-state index is 13.1. The number of benzene rings is 4. The highest BCUT2D eigenvalue weighted by Gasteiger charge is 2.32. The molecule has 0 atom stereocenters. The first-order chi connectivity index (χ1) is 16.6. The molecule has 0 radical (unpaired) electrons. The summed E-state index contributed by atoms with van der Waals surface area (Å²) in [6.07, 6.45) is -4.68. The van der Waals surface area contributed by atoms with Gasteiger partial charge >= 0.3 is 6.18 Å². The second-order valence-corrected chi connectivity index (χ2v) is 11.5. The minimum absolute atomic E-state index is 0.0492. The monoisotopic (exact) mass is 532 g/mol. The molecule has 0 spiro atoms. The number of para-hydroxylation sites is 1. The van der Waals surface area contributed by atoms with Crippen molar-refractivity contribution in [1.29, 1.82) is 0 Å². The number of sulfonamides is 1. The number of nitrogens with one attached hydrogen (secondary N) is 1. The van der Waals surface area contributed by atoms with Crippen LogP contribution in [0, 0.1) is 0 Å². The van der Waals surface area contributed by atoms with Crippen LogP contribution >= 0.6 is 23.1 Å². The highest BCUT2D eigenvalue weighted by Crippen LogP contribution is 2.44. The molecule has 5 aromatic rings. The fraction of sp³-hybridized carbons (Fsp3) is 0.0417. The summed E-state index contributed by atoms with van der Waals surface area (Å²) in [5.74, 6) is -0.0492. The Morgan fingerprint density at radius 3 is 2.37 bits per heavy atom. The molecule has 5 nitrogen and oxygen atoms in total. The van der Waals surface area contributed by atoms with Crippen LogP contribution in [-0.4, -0.2) is 18.5 Å². The van der Waals surface area contributed by atoms with Crippen molar-refractivity contribution < 1.29 is 26.7 Å². The summed E-state index contributed by atoms with van der Waals surface area (Å²) < 4.78 is 69.4. The van der Waals surface area contributed by atoms with Crippen molar-refractivity contribution in [2.24, 2.45) is 0 Å². The molecule has 0 fully saturated rings. The Morgan fingerprint density at radius 2 is 1.63 bits per heavy atom. The number of thiazole rings is 1. The molecule has 0 aliphatic rings. The van der Waals surface area contributed by atoms with E-state index < -0.39 is 26.7 Å². The Kier molecular flexibility index (Phi) is 5.86. The highest BCUT2D eigenvalue weighted by atomic mass is 32.2. The van der Waals surface area contributed by atoms with Crippen LogP contribution in [0.5, 0.6) is 5.75 Å². The normalized spacial score (nSPS) is 12.3. The second-order valence-electron chi connectivity index (χ2n) is 7.50. The number of hydrogen-bond donors (Lipinski definition) is 2. The van der Waals surface area contributed by atoms with Gasteiger partial charge in [0.05, 0.1) is 31.3 Å². The number of fused-ring (bicyclic) bond motifs is 2. The van der Waals surface area contributed by atoms with Crippen LogP contribution < -0.4 is 4.72 Å². The lowest BCUT2D eigenvalue weighted by Gasteiger charge is -2.15. The van der Waals surface area contributed by atoms with Crippen molar-refractivity contribution in [1.82, 2.24) is 4.98 Å². The molecule has 1 aromatic heterocycles. The summed E-state index contributed by atoms with van der Waals surface area (Å²) in [6.45, 7) is 0. The zero-order valence-electron chi connectivity index (χ0n) is 17.6. The molecule has 0 saturated heterocycles. The van der Waals surface area contributed by atoms with E-state index in [2.05, 4.69) is 9.71 Å². The lowest BCUT2D eigenvalue weighted by Crippen LogP contribution is -2.15. The van der Waals surface area contributed by atoms with E-state index in [0.717, 1.165) is 28.4 Å². The average molecular weight is 533 g/mol. The Balaban J connectivity index is 1.58. The predicted molar refractivity (Wildman–Crippen MR) is 132 cm³/mol. The SMILES string of the molecule is O=S(=O)(Nc1cc(Sc2nc3ccccc3s2)c(O)c2ccccc12)c1cccc(C(F)(F)F)c1. The summed E-state index contributed by atoms with van der Waals surface area (Å²) >= 11 is 2.59. The molecule has 0 amide bonds. The van der Waals surface area contributed by atoms with Crippen LogP contribution in [0.4, 0.5) is 18.9 Å². The summed E-state index contributed by atoms with van der Waals surface area (Å²) in [5.41, 5.74) is -0.145. The number of phenolic OH excluding ortho intramolecular Hbond substituents is 1. The molecule has 0 bridgehead atoms. The van der Waals surface area contributed by atoms with E-state index in [-0.39, 0.29) is 11.4 Å². The fourth-order valence-corrected chi connectivity index (χ4v) is 6.76. The molecular weight excluding hydrogens is 517 g/mol. The van der Waals surface area contributed by atoms with Crippen molar-refractivity contribution in [3.05, 3.63) is 84.4 Å². The topological polar surface area (TPSA) is 79.3 Å². The van der Waals surface area contributed by atoms with Crippen LogP contribution in [0.15, 0.2) is 93.0 Å². The first-order valence-corrected chi connectivity index (χ1v) is 13.2. The van der Waals surface area contributed by atoms with Gasteiger partial charge in [-0.15, -0.1) is 11.3 Å². The van der Waals surface area contributed by atoms with E-state index >= 15 is 0 Å². The van der Waals surface area contributed by atoms with Gasteiger partial charge in [0, 0.05) is 10.8 Å². The molecule has 0 aliphatic heterocycles. The summed E-state index contributed by atoms with van der Waals surface area (Å²) in [6, 6.07) is 19.1. The van der Waals surface area contributed by atoms with Crippen LogP contribution in [0.2, 0.25) is 0 Å². The Morgan fingerprint density at radius 1 is 0.914 bits per heavy atom. The fourth-order valence-electron chi connectivity index (χ4n) is 3.53. The lowest BCUT2D eigenvalue weighted by molar-refractivity contribution is -0.137. The van der Waals surface area contributed by atoms with E-state index in [0.29, 0.717) is 26.1 Å². The van der Waals surface area contributed by atoms with Gasteiger partial charge in [-0.25, -0.2) is 13.4 Å². The van der Waals surface area contributed by atoms with Gasteiger partial charge in [0.15, 0.2) is 4.34 Å². The van der Waals surface area contributed by atoms with E-state index in [1.807, 2.05) is 24.3 Å². The van der Waals surface area contributed by atoms with Gasteiger partial charge in [0.2, 0.25) is 0 Å². The van der Waals surface area contributed by atoms with Gasteiger partial charge in [-0.3, -0.25) is 4.72 Å². The number of halogens is 3. The Labute approximate surface area is 206 Å². The number of hydrogen-bond acceptors (Lipinski definition) is 6. The first-order valence-electron chi connectivity index (χ1n) is 10.1. The lowest BCUT2D eigenvalue weighted by atomic mass is 10.1. The number of alkyl halides is 3. The van der Waals surface area contributed by atoms with Crippen molar-refractivity contribution in [3.8, 4) is 5.75 Å². The molecule has 4 aromatic carbocycles. The smallest absolute Gasteiger partial charge is 0.416 e. The third-order valence-corrected chi connectivity index (χ3v) is 8.66. The van der Waals surface area contributed by atoms with Gasteiger partial charge in [-0.05, 0) is 36.4 Å². The molecule has 35 heavy (non-hydrogen) atoms. The van der Waals surface area contributed by atoms with Crippen LogP contribution in [0.3, 0.4) is 0 Å². The minimum Gasteiger partial charge on any atom is -0.506 e. The maximum atomic E-state index is 13.1. The van der Waals surface area contributed by atoms with Crippen LogP contribution in [0.1, 0.15) is 5.56 Å². The third kappa shape index (κ3) is 4.66. The molecule has 0 unspecified atom stereocenters. The van der Waals surface area contributed by atoms with E-state index in [4.69, 9.17) is 0 Å². The molecule has 11 heteroatoms. The molecule has 178 valence electrons. The summed E-state index contributed by atoms with van der Waals surface area (Å²) in [7, 11) is -4.36. The highest BCUT2D eigenvalue weighted by molar-refractivity contribution is 8.01. The van der Waals surface area contributed by atoms with Gasteiger partial charge in [-0.1, -0.05) is 54.2 Å². The number of rotatable bonds is 5. The number of aromatic nitrogens is 1. The summed E-state index contributed by atoms with van der Waals surface area (Å²) in [5, 5.41) is 11.7. The molecule has 5 rings (SSSR count). The molecule has 0 saturated carbocycles. The van der Waals surface area contributed by atoms with Gasteiger partial charge in [-0.2, -0.15) is 13.2 Å². The van der Waals surface area contributed by atoms with Crippen molar-refractivity contribution in [2.45, 2.75) is 20.3 Å². The molecule has 0 aliphatic carbocycles. The minimum atomic E-state index is -4.68. The zero-order chi connectivity index (χ0) is 24.8. The third-order valence-electron chi connectivity index (χ3n) is 5.17. The Hall–Kier alpha value is -3.28. The summed E-state index contributed by atoms with van der Waals surface area (Å²) in [4.78, 5) is 4.37. The molecular formula is C24H15F3N2O3S3. The quantitative estimate of drug-likeness (QED) is 0.236. The van der Waals surface area contributed by atoms with E-state index in [1.165, 1.54) is 29.2 Å². The van der Waals surface area contributed by atoms with E-state index in [1.54, 1.807) is 24.3 Å². The average Bonchev–Trinajstić information content (AvgIpc) is 3.24. The Bertz CT molecular complexity index is 1650. The number of phenols is 1. The number of aromatic hydroxyl groups is 1. The predicted octanol–water partition coefficient (Wildman–Crippen LogP) is 7.13. The molecule has 1 heterocycles. The number of nitrogens with zero attached hydrogens (tertiary/aromatic N) is 1.